The number of hydrogen-bond donors (Lipinski definition) is 1. The maximum absolute atomic E-state index is 11.0. The molecule has 102 valence electrons. The Bertz CT molecular complexity index is 598. The maximum atomic E-state index is 11.0. The lowest BCUT2D eigenvalue weighted by atomic mass is 9.83. The molecule has 1 saturated heterocycles. The Morgan fingerprint density at radius 2 is 1.65 bits per heavy atom. The predicted octanol–water partition coefficient (Wildman–Crippen LogP) is 3.44. The van der Waals surface area contributed by atoms with E-state index in [-0.39, 0.29) is 6.42 Å². The zero-order valence-electron chi connectivity index (χ0n) is 11.1. The van der Waals surface area contributed by atoms with Crippen LogP contribution in [0, 0.1) is 0 Å². The van der Waals surface area contributed by atoms with Crippen molar-refractivity contribution in [3.8, 4) is 11.1 Å². The standard InChI is InChI=1S/C17H16O3/c18-16(19)12-17(10-11-20-17)15-8-6-14(7-9-15)13-4-2-1-3-5-13/h1-9H,10-12H2,(H,18,19). The van der Waals surface area contributed by atoms with Gasteiger partial charge >= 0.3 is 5.97 Å². The Hall–Kier alpha value is -2.13. The van der Waals surface area contributed by atoms with Crippen LogP contribution < -0.4 is 0 Å². The Labute approximate surface area is 117 Å². The highest BCUT2D eigenvalue weighted by Crippen LogP contribution is 2.41. The largest absolute Gasteiger partial charge is 0.481 e. The fraction of sp³-hybridized carbons (Fsp3) is 0.235. The molecule has 20 heavy (non-hydrogen) atoms. The van der Waals surface area contributed by atoms with Crippen LogP contribution in [0.2, 0.25) is 0 Å². The van der Waals surface area contributed by atoms with E-state index in [1.165, 1.54) is 0 Å². The molecule has 2 aromatic carbocycles. The quantitative estimate of drug-likeness (QED) is 0.923. The average molecular weight is 268 g/mol. The molecule has 0 amide bonds. The van der Waals surface area contributed by atoms with E-state index in [9.17, 15) is 4.79 Å². The van der Waals surface area contributed by atoms with Crippen molar-refractivity contribution in [2.75, 3.05) is 6.61 Å². The van der Waals surface area contributed by atoms with Crippen molar-refractivity contribution in [1.29, 1.82) is 0 Å². The van der Waals surface area contributed by atoms with Crippen molar-refractivity contribution in [3.63, 3.8) is 0 Å². The minimum atomic E-state index is -0.822. The molecule has 3 heteroatoms. The molecule has 1 aliphatic heterocycles. The van der Waals surface area contributed by atoms with Crippen molar-refractivity contribution in [2.24, 2.45) is 0 Å². The number of rotatable bonds is 4. The van der Waals surface area contributed by atoms with Gasteiger partial charge in [-0.2, -0.15) is 0 Å². The fourth-order valence-electron chi connectivity index (χ4n) is 2.66. The van der Waals surface area contributed by atoms with Crippen molar-refractivity contribution >= 4 is 5.97 Å². The summed E-state index contributed by atoms with van der Waals surface area (Å²) in [5.74, 6) is -0.822. The molecule has 2 aromatic rings. The van der Waals surface area contributed by atoms with Gasteiger partial charge in [0, 0.05) is 6.42 Å². The molecule has 1 N–H and O–H groups in total. The summed E-state index contributed by atoms with van der Waals surface area (Å²) in [6.45, 7) is 0.633. The zero-order chi connectivity index (χ0) is 14.0. The van der Waals surface area contributed by atoms with Gasteiger partial charge in [0.25, 0.3) is 0 Å². The molecule has 0 aliphatic carbocycles. The Morgan fingerprint density at radius 1 is 1.05 bits per heavy atom. The normalized spacial score (nSPS) is 21.2. The van der Waals surface area contributed by atoms with Crippen molar-refractivity contribution in [3.05, 3.63) is 60.2 Å². The van der Waals surface area contributed by atoms with E-state index in [1.807, 2.05) is 42.5 Å². The lowest BCUT2D eigenvalue weighted by Gasteiger charge is -2.41. The second-order valence-electron chi connectivity index (χ2n) is 5.11. The third-order valence-electron chi connectivity index (χ3n) is 3.84. The van der Waals surface area contributed by atoms with Crippen LogP contribution in [0.5, 0.6) is 0 Å². The lowest BCUT2D eigenvalue weighted by molar-refractivity contribution is -0.176. The van der Waals surface area contributed by atoms with Gasteiger partial charge in [-0.3, -0.25) is 4.79 Å². The van der Waals surface area contributed by atoms with E-state index in [4.69, 9.17) is 9.84 Å². The summed E-state index contributed by atoms with van der Waals surface area (Å²) >= 11 is 0. The molecule has 1 fully saturated rings. The first-order valence-corrected chi connectivity index (χ1v) is 6.71. The highest BCUT2D eigenvalue weighted by atomic mass is 16.5. The summed E-state index contributed by atoms with van der Waals surface area (Å²) in [5, 5.41) is 9.03. The van der Waals surface area contributed by atoms with Crippen LogP contribution in [0.15, 0.2) is 54.6 Å². The Balaban J connectivity index is 1.88. The molecule has 0 aromatic heterocycles. The van der Waals surface area contributed by atoms with E-state index >= 15 is 0 Å². The van der Waals surface area contributed by atoms with Gasteiger partial charge in [-0.1, -0.05) is 54.6 Å². The van der Waals surface area contributed by atoms with Crippen LogP contribution in [0.3, 0.4) is 0 Å². The minimum absolute atomic E-state index is 0.0255. The van der Waals surface area contributed by atoms with E-state index in [0.717, 1.165) is 23.1 Å². The van der Waals surface area contributed by atoms with Gasteiger partial charge < -0.3 is 9.84 Å². The van der Waals surface area contributed by atoms with Gasteiger partial charge in [-0.25, -0.2) is 0 Å². The number of carboxylic acids is 1. The molecule has 0 radical (unpaired) electrons. The van der Waals surface area contributed by atoms with E-state index in [0.29, 0.717) is 6.61 Å². The van der Waals surface area contributed by atoms with Gasteiger partial charge in [0.2, 0.25) is 0 Å². The molecule has 1 unspecified atom stereocenters. The molecule has 3 nitrogen and oxygen atoms in total. The molecule has 1 atom stereocenters. The summed E-state index contributed by atoms with van der Waals surface area (Å²) in [6, 6.07) is 18.1. The van der Waals surface area contributed by atoms with Gasteiger partial charge in [0.05, 0.1) is 13.0 Å². The molecule has 3 rings (SSSR count). The summed E-state index contributed by atoms with van der Waals surface area (Å²) in [4.78, 5) is 11.0. The number of hydrogen-bond acceptors (Lipinski definition) is 2. The van der Waals surface area contributed by atoms with Gasteiger partial charge in [0.1, 0.15) is 5.60 Å². The van der Waals surface area contributed by atoms with Crippen LogP contribution >= 0.6 is 0 Å². The number of carboxylic acid groups (broad SMARTS) is 1. The smallest absolute Gasteiger partial charge is 0.306 e. The fourth-order valence-corrected chi connectivity index (χ4v) is 2.66. The zero-order valence-corrected chi connectivity index (χ0v) is 11.1. The minimum Gasteiger partial charge on any atom is -0.481 e. The second-order valence-corrected chi connectivity index (χ2v) is 5.11. The van der Waals surface area contributed by atoms with Gasteiger partial charge in [-0.15, -0.1) is 0 Å². The average Bonchev–Trinajstić information content (AvgIpc) is 2.44. The number of ether oxygens (including phenoxy) is 1. The molecule has 0 saturated carbocycles. The van der Waals surface area contributed by atoms with Crippen molar-refractivity contribution < 1.29 is 14.6 Å². The first kappa shape index (κ1) is 12.9. The summed E-state index contributed by atoms with van der Waals surface area (Å²) < 4.78 is 5.58. The maximum Gasteiger partial charge on any atom is 0.306 e. The molecule has 1 aliphatic rings. The summed E-state index contributed by atoms with van der Waals surface area (Å²) in [6.07, 6.45) is 0.793. The van der Waals surface area contributed by atoms with Crippen LogP contribution in [-0.2, 0) is 15.1 Å². The van der Waals surface area contributed by atoms with Crippen LogP contribution in [0.25, 0.3) is 11.1 Å². The van der Waals surface area contributed by atoms with Crippen molar-refractivity contribution in [1.82, 2.24) is 0 Å². The molecular formula is C17H16O3. The third-order valence-corrected chi connectivity index (χ3v) is 3.84. The van der Waals surface area contributed by atoms with Crippen LogP contribution in [0.4, 0.5) is 0 Å². The summed E-state index contributed by atoms with van der Waals surface area (Å²) in [7, 11) is 0. The molecule has 1 heterocycles. The summed E-state index contributed by atoms with van der Waals surface area (Å²) in [5.41, 5.74) is 2.60. The first-order chi connectivity index (χ1) is 9.70. The lowest BCUT2D eigenvalue weighted by Crippen LogP contribution is -2.42. The monoisotopic (exact) mass is 268 g/mol. The molecule has 0 bridgehead atoms. The SMILES string of the molecule is O=C(O)CC1(c2ccc(-c3ccccc3)cc2)CCO1. The van der Waals surface area contributed by atoms with Crippen LogP contribution in [0.1, 0.15) is 18.4 Å². The highest BCUT2D eigenvalue weighted by molar-refractivity contribution is 5.69. The van der Waals surface area contributed by atoms with Gasteiger partial charge in [0.15, 0.2) is 0 Å². The second kappa shape index (κ2) is 5.10. The van der Waals surface area contributed by atoms with E-state index < -0.39 is 11.6 Å². The molecule has 0 spiro atoms. The molecular weight excluding hydrogens is 252 g/mol. The third kappa shape index (κ3) is 2.32. The number of carbonyl (C=O) groups is 1. The first-order valence-electron chi connectivity index (χ1n) is 6.71. The van der Waals surface area contributed by atoms with Crippen LogP contribution in [-0.4, -0.2) is 17.7 Å². The predicted molar refractivity (Wildman–Crippen MR) is 76.4 cm³/mol. The van der Waals surface area contributed by atoms with Gasteiger partial charge in [-0.05, 0) is 16.7 Å². The van der Waals surface area contributed by atoms with E-state index in [1.54, 1.807) is 0 Å². The topological polar surface area (TPSA) is 46.5 Å². The number of aliphatic carboxylic acids is 1. The highest BCUT2D eigenvalue weighted by Gasteiger charge is 2.42. The Kier molecular flexibility index (Phi) is 3.28. The van der Waals surface area contributed by atoms with Crippen molar-refractivity contribution in [2.45, 2.75) is 18.4 Å². The number of benzene rings is 2. The van der Waals surface area contributed by atoms with E-state index in [2.05, 4.69) is 12.1 Å². The Morgan fingerprint density at radius 3 is 2.15 bits per heavy atom.